The molecule has 1 unspecified atom stereocenters. The van der Waals surface area contributed by atoms with E-state index < -0.39 is 0 Å². The average molecular weight is 455 g/mol. The van der Waals surface area contributed by atoms with Crippen LogP contribution in [0.2, 0.25) is 0 Å². The number of nitrogens with zero attached hydrogens (tertiary/aromatic N) is 1. The molecule has 2 nitrogen and oxygen atoms in total. The maximum absolute atomic E-state index is 9.94. The van der Waals surface area contributed by atoms with Crippen molar-refractivity contribution in [1.82, 2.24) is 0 Å². The van der Waals surface area contributed by atoms with Gasteiger partial charge in [0.15, 0.2) is 0 Å². The summed E-state index contributed by atoms with van der Waals surface area (Å²) in [6, 6.07) is 0. The van der Waals surface area contributed by atoms with E-state index in [-0.39, 0.29) is 18.5 Å². The van der Waals surface area contributed by atoms with E-state index in [0.717, 1.165) is 24.1 Å². The van der Waals surface area contributed by atoms with Crippen molar-refractivity contribution in [2.24, 2.45) is 0 Å². The second-order valence-corrected chi connectivity index (χ2v) is 9.30. The Morgan fingerprint density at radius 3 is 1.28 bits per heavy atom. The maximum Gasteiger partial charge on any atom is 0.116 e. The summed E-state index contributed by atoms with van der Waals surface area (Å²) in [4.78, 5) is 0. The van der Waals surface area contributed by atoms with E-state index in [1.807, 2.05) is 0 Å². The summed E-state index contributed by atoms with van der Waals surface area (Å²) in [5.41, 5.74) is 0. The van der Waals surface area contributed by atoms with E-state index in [2.05, 4.69) is 20.8 Å². The highest BCUT2D eigenvalue weighted by Gasteiger charge is 2.25. The zero-order valence-corrected chi connectivity index (χ0v) is 21.6. The molecule has 1 atom stereocenters. The van der Waals surface area contributed by atoms with Gasteiger partial charge in [-0.1, -0.05) is 96.8 Å². The van der Waals surface area contributed by atoms with Crippen LogP contribution >= 0.6 is 11.6 Å². The second kappa shape index (κ2) is 23.2. The van der Waals surface area contributed by atoms with Gasteiger partial charge in [0.2, 0.25) is 0 Å². The number of quaternary nitrogens is 1. The molecule has 29 heavy (non-hydrogen) atoms. The first-order valence-electron chi connectivity index (χ1n) is 12.7. The molecule has 0 rings (SSSR count). The van der Waals surface area contributed by atoms with Crippen molar-refractivity contribution < 1.29 is 22.0 Å². The van der Waals surface area contributed by atoms with Crippen LogP contribution in [-0.4, -0.2) is 47.8 Å². The van der Waals surface area contributed by atoms with E-state index in [1.54, 1.807) is 0 Å². The van der Waals surface area contributed by atoms with E-state index in [4.69, 9.17) is 11.6 Å². The summed E-state index contributed by atoms with van der Waals surface area (Å²) >= 11 is 5.81. The zero-order chi connectivity index (χ0) is 20.9. The number of likely N-dealkylation sites (N-methyl/N-ethyl adjacent to an activating group) is 1. The topological polar surface area (TPSA) is 20.2 Å². The Hall–Kier alpha value is 0.500. The minimum Gasteiger partial charge on any atom is -1.00 e. The van der Waals surface area contributed by atoms with Crippen LogP contribution < -0.4 is 12.4 Å². The van der Waals surface area contributed by atoms with Crippen molar-refractivity contribution in [2.75, 3.05) is 32.1 Å². The molecular weight excluding hydrogens is 401 g/mol. The quantitative estimate of drug-likeness (QED) is 0.143. The molecule has 0 bridgehead atoms. The van der Waals surface area contributed by atoms with Crippen molar-refractivity contribution in [2.45, 2.75) is 130 Å². The third-order valence-corrected chi connectivity index (χ3v) is 6.96. The number of aliphatic hydroxyl groups is 1. The van der Waals surface area contributed by atoms with E-state index in [0.29, 0.717) is 5.88 Å². The van der Waals surface area contributed by atoms with Gasteiger partial charge in [0.05, 0.1) is 25.5 Å². The molecule has 0 amide bonds. The predicted molar refractivity (Wildman–Crippen MR) is 127 cm³/mol. The standard InChI is InChI=1S/C25H53ClNO.ClH/c1-4-7-8-9-10-11-12-13-14-15-16-17-18-19-20-21-22-27(5-2,6-3)24-25(28)23-26;/h25,28H,4-24H2,1-3H3;1H/q+1;/p-1. The minimum absolute atomic E-state index is 0. The molecule has 0 aromatic rings. The number of hydrogen-bond acceptors (Lipinski definition) is 1. The van der Waals surface area contributed by atoms with Crippen LogP contribution in [-0.2, 0) is 0 Å². The lowest BCUT2D eigenvalue weighted by atomic mass is 10.0. The Labute approximate surface area is 195 Å². The minimum atomic E-state index is -0.359. The summed E-state index contributed by atoms with van der Waals surface area (Å²) in [6.07, 6.45) is 22.3. The fraction of sp³-hybridized carbons (Fsp3) is 1.00. The van der Waals surface area contributed by atoms with Gasteiger partial charge in [-0.15, -0.1) is 11.6 Å². The van der Waals surface area contributed by atoms with Gasteiger partial charge in [0.25, 0.3) is 0 Å². The molecular formula is C25H53Cl2NO. The van der Waals surface area contributed by atoms with Crippen molar-refractivity contribution in [3.8, 4) is 0 Å². The highest BCUT2D eigenvalue weighted by Crippen LogP contribution is 2.16. The molecule has 0 aliphatic carbocycles. The summed E-state index contributed by atoms with van der Waals surface area (Å²) in [5.74, 6) is 0.360. The van der Waals surface area contributed by atoms with Crippen LogP contribution in [0.3, 0.4) is 0 Å². The number of alkyl halides is 1. The first kappa shape index (κ1) is 31.7. The monoisotopic (exact) mass is 453 g/mol. The summed E-state index contributed by atoms with van der Waals surface area (Å²) < 4.78 is 1.02. The molecule has 0 heterocycles. The molecule has 0 aromatic heterocycles. The lowest BCUT2D eigenvalue weighted by Gasteiger charge is -2.38. The van der Waals surface area contributed by atoms with Crippen LogP contribution in [0.1, 0.15) is 124 Å². The Morgan fingerprint density at radius 1 is 0.621 bits per heavy atom. The fourth-order valence-corrected chi connectivity index (χ4v) is 4.48. The summed E-state index contributed by atoms with van der Waals surface area (Å²) in [5, 5.41) is 9.94. The van der Waals surface area contributed by atoms with Crippen LogP contribution in [0.15, 0.2) is 0 Å². The highest BCUT2D eigenvalue weighted by molar-refractivity contribution is 6.18. The molecule has 4 heteroatoms. The second-order valence-electron chi connectivity index (χ2n) is 8.99. The van der Waals surface area contributed by atoms with Crippen LogP contribution in [0.5, 0.6) is 0 Å². The largest absolute Gasteiger partial charge is 1.00 e. The summed E-state index contributed by atoms with van der Waals surface area (Å²) in [7, 11) is 0. The van der Waals surface area contributed by atoms with Crippen LogP contribution in [0.25, 0.3) is 0 Å². The Kier molecular flexibility index (Phi) is 25.3. The third-order valence-electron chi connectivity index (χ3n) is 6.60. The number of halogens is 2. The molecule has 0 saturated carbocycles. The van der Waals surface area contributed by atoms with Crippen molar-refractivity contribution >= 4 is 11.6 Å². The summed E-state index contributed by atoms with van der Waals surface area (Å²) in [6.45, 7) is 11.0. The molecule has 0 aromatic carbocycles. The lowest BCUT2D eigenvalue weighted by molar-refractivity contribution is -0.927. The lowest BCUT2D eigenvalue weighted by Crippen LogP contribution is -3.00. The van der Waals surface area contributed by atoms with Crippen molar-refractivity contribution in [3.63, 3.8) is 0 Å². The Balaban J connectivity index is 0. The normalized spacial score (nSPS) is 12.7. The van der Waals surface area contributed by atoms with Crippen LogP contribution in [0.4, 0.5) is 0 Å². The first-order chi connectivity index (χ1) is 13.6. The molecule has 0 radical (unpaired) electrons. The van der Waals surface area contributed by atoms with Gasteiger partial charge in [0, 0.05) is 0 Å². The maximum atomic E-state index is 9.94. The van der Waals surface area contributed by atoms with Gasteiger partial charge < -0.3 is 22.0 Å². The molecule has 0 fully saturated rings. The van der Waals surface area contributed by atoms with E-state index in [1.165, 1.54) is 109 Å². The number of rotatable bonds is 22. The molecule has 0 saturated heterocycles. The zero-order valence-electron chi connectivity index (χ0n) is 20.1. The van der Waals surface area contributed by atoms with Crippen molar-refractivity contribution in [3.05, 3.63) is 0 Å². The molecule has 0 spiro atoms. The molecule has 0 aliphatic heterocycles. The Morgan fingerprint density at radius 2 is 0.966 bits per heavy atom. The predicted octanol–water partition coefficient (Wildman–Crippen LogP) is 4.71. The highest BCUT2D eigenvalue weighted by atomic mass is 35.5. The van der Waals surface area contributed by atoms with Crippen LogP contribution in [0, 0.1) is 0 Å². The number of aliphatic hydroxyl groups excluding tert-OH is 1. The van der Waals surface area contributed by atoms with Gasteiger partial charge in [-0.3, -0.25) is 0 Å². The fourth-order valence-electron chi connectivity index (χ4n) is 4.38. The average Bonchev–Trinajstić information content (AvgIpc) is 2.72. The smallest absolute Gasteiger partial charge is 0.116 e. The van der Waals surface area contributed by atoms with E-state index in [9.17, 15) is 5.11 Å². The first-order valence-corrected chi connectivity index (χ1v) is 13.3. The van der Waals surface area contributed by atoms with Gasteiger partial charge in [-0.05, 0) is 26.7 Å². The van der Waals surface area contributed by atoms with Gasteiger partial charge in [-0.25, -0.2) is 0 Å². The van der Waals surface area contributed by atoms with E-state index >= 15 is 0 Å². The third kappa shape index (κ3) is 18.9. The SMILES string of the molecule is CCCCCCCCCCCCCCCCCC[N+](CC)(CC)CC(O)CCl.[Cl-]. The number of hydrogen-bond donors (Lipinski definition) is 1. The molecule has 178 valence electrons. The van der Waals surface area contributed by atoms with Gasteiger partial charge in [0.1, 0.15) is 12.6 Å². The van der Waals surface area contributed by atoms with Gasteiger partial charge >= 0.3 is 0 Å². The van der Waals surface area contributed by atoms with Crippen molar-refractivity contribution in [1.29, 1.82) is 0 Å². The van der Waals surface area contributed by atoms with Gasteiger partial charge in [-0.2, -0.15) is 0 Å². The molecule has 1 N–H and O–H groups in total. The molecule has 0 aliphatic rings. The number of unbranched alkanes of at least 4 members (excludes halogenated alkanes) is 15. The Bertz CT molecular complexity index is 311.